The lowest BCUT2D eigenvalue weighted by molar-refractivity contribution is 0.305. The van der Waals surface area contributed by atoms with Crippen molar-refractivity contribution in [3.63, 3.8) is 0 Å². The van der Waals surface area contributed by atoms with Crippen molar-refractivity contribution in [2.45, 2.75) is 38.1 Å². The van der Waals surface area contributed by atoms with Gasteiger partial charge in [-0.05, 0) is 30.9 Å². The van der Waals surface area contributed by atoms with E-state index in [0.29, 0.717) is 10.9 Å². The molecule has 0 saturated heterocycles. The van der Waals surface area contributed by atoms with Gasteiger partial charge in [0, 0.05) is 0 Å². The normalized spacial score (nSPS) is 18.2. The molecule has 5 heteroatoms. The predicted octanol–water partition coefficient (Wildman–Crippen LogP) is 3.47. The summed E-state index contributed by atoms with van der Waals surface area (Å²) in [5.74, 6) is 0.409. The Balaban J connectivity index is 2.07. The molecule has 1 atom stereocenters. The molecule has 0 amide bonds. The van der Waals surface area contributed by atoms with Crippen LogP contribution < -0.4 is 11.3 Å². The Kier molecular flexibility index (Phi) is 3.89. The van der Waals surface area contributed by atoms with Crippen molar-refractivity contribution in [1.29, 1.82) is 0 Å². The van der Waals surface area contributed by atoms with Gasteiger partial charge in [0.15, 0.2) is 0 Å². The van der Waals surface area contributed by atoms with Gasteiger partial charge in [0.05, 0.1) is 15.1 Å². The van der Waals surface area contributed by atoms with Crippen molar-refractivity contribution in [3.05, 3.63) is 34.6 Å². The molecule has 1 saturated carbocycles. The third-order valence-corrected chi connectivity index (χ3v) is 5.54. The topological polar surface area (TPSA) is 48.0 Å². The maximum absolute atomic E-state index is 12.6. The monoisotopic (exact) mass is 306 g/mol. The Labute approximate surface area is 127 Å². The zero-order chi connectivity index (χ0) is 14.1. The molecule has 0 radical (unpaired) electrons. The van der Waals surface area contributed by atoms with E-state index in [1.807, 2.05) is 28.2 Å². The molecule has 2 aromatic rings. The molecule has 0 aliphatic heterocycles. The molecule has 1 aromatic carbocycles. The fourth-order valence-electron chi connectivity index (χ4n) is 3.16. The molecule has 1 heterocycles. The Morgan fingerprint density at radius 2 is 2.00 bits per heavy atom. The van der Waals surface area contributed by atoms with Gasteiger partial charge in [0.2, 0.25) is 0 Å². The van der Waals surface area contributed by atoms with Crippen molar-refractivity contribution in [1.82, 2.24) is 3.96 Å². The molecule has 106 valence electrons. The second-order valence-electron chi connectivity index (χ2n) is 5.46. The quantitative estimate of drug-likeness (QED) is 0.883. The first-order valence-electron chi connectivity index (χ1n) is 7.08. The largest absolute Gasteiger partial charge is 0.392 e. The Morgan fingerprint density at radius 1 is 1.30 bits per heavy atom. The summed E-state index contributed by atoms with van der Waals surface area (Å²) in [5, 5.41) is 0.773. The number of benzene rings is 1. The van der Waals surface area contributed by atoms with Gasteiger partial charge in [-0.1, -0.05) is 55.1 Å². The molecule has 1 unspecified atom stereocenters. The number of rotatable bonds is 3. The van der Waals surface area contributed by atoms with Crippen LogP contribution in [0.1, 0.15) is 38.1 Å². The van der Waals surface area contributed by atoms with Crippen LogP contribution in [0.4, 0.5) is 0 Å². The van der Waals surface area contributed by atoms with Gasteiger partial charge < -0.3 is 5.73 Å². The molecule has 0 spiro atoms. The predicted molar refractivity (Wildman–Crippen MR) is 88.5 cm³/mol. The average Bonchev–Trinajstić information content (AvgIpc) is 2.78. The number of hydrogen-bond acceptors (Lipinski definition) is 3. The van der Waals surface area contributed by atoms with E-state index in [0.717, 1.165) is 22.9 Å². The highest BCUT2D eigenvalue weighted by molar-refractivity contribution is 7.80. The summed E-state index contributed by atoms with van der Waals surface area (Å²) in [4.78, 5) is 13.0. The second kappa shape index (κ2) is 5.66. The number of aromatic nitrogens is 1. The highest BCUT2D eigenvalue weighted by Crippen LogP contribution is 2.34. The van der Waals surface area contributed by atoms with Crippen LogP contribution >= 0.6 is 23.8 Å². The fraction of sp³-hybridized carbons (Fsp3) is 0.467. The van der Waals surface area contributed by atoms with Gasteiger partial charge >= 0.3 is 0 Å². The maximum Gasteiger partial charge on any atom is 0.269 e. The van der Waals surface area contributed by atoms with E-state index in [9.17, 15) is 4.79 Å². The van der Waals surface area contributed by atoms with Crippen LogP contribution in [0.25, 0.3) is 10.1 Å². The van der Waals surface area contributed by atoms with Crippen LogP contribution in [0, 0.1) is 5.92 Å². The van der Waals surface area contributed by atoms with Gasteiger partial charge in [-0.3, -0.25) is 8.75 Å². The van der Waals surface area contributed by atoms with Gasteiger partial charge in [-0.25, -0.2) is 0 Å². The minimum Gasteiger partial charge on any atom is -0.392 e. The molecular weight excluding hydrogens is 288 g/mol. The highest BCUT2D eigenvalue weighted by atomic mass is 32.1. The molecule has 0 bridgehead atoms. The van der Waals surface area contributed by atoms with Gasteiger partial charge in [-0.15, -0.1) is 0 Å². The summed E-state index contributed by atoms with van der Waals surface area (Å²) in [7, 11) is 0. The summed E-state index contributed by atoms with van der Waals surface area (Å²) in [6.45, 7) is 0. The molecule has 3 rings (SSSR count). The summed E-state index contributed by atoms with van der Waals surface area (Å²) in [5.41, 5.74) is 6.02. The number of nitrogens with zero attached hydrogens (tertiary/aromatic N) is 1. The molecule has 1 fully saturated rings. The van der Waals surface area contributed by atoms with E-state index in [2.05, 4.69) is 0 Å². The molecule has 1 aliphatic carbocycles. The summed E-state index contributed by atoms with van der Waals surface area (Å²) in [6, 6.07) is 7.60. The summed E-state index contributed by atoms with van der Waals surface area (Å²) < 4.78 is 2.82. The number of thiocarbonyl (C=S) groups is 1. The Bertz CT molecular complexity index is 682. The first-order chi connectivity index (χ1) is 9.68. The van der Waals surface area contributed by atoms with E-state index in [1.165, 1.54) is 30.8 Å². The zero-order valence-electron chi connectivity index (χ0n) is 11.2. The number of fused-ring (bicyclic) bond motifs is 1. The van der Waals surface area contributed by atoms with Crippen molar-refractivity contribution in [2.24, 2.45) is 11.7 Å². The van der Waals surface area contributed by atoms with Crippen LogP contribution in [-0.4, -0.2) is 8.95 Å². The molecule has 1 aliphatic rings. The minimum absolute atomic E-state index is 0.0500. The first-order valence-corrected chi connectivity index (χ1v) is 8.26. The van der Waals surface area contributed by atoms with Crippen molar-refractivity contribution >= 4 is 38.8 Å². The standard InChI is InChI=1S/C15H18N2OS2/c16-14(19)13(10-6-2-1-3-7-10)17-15(18)11-8-4-5-9-12(11)20-17/h4-5,8-10,13H,1-3,6-7H2,(H2,16,19). The van der Waals surface area contributed by atoms with Crippen LogP contribution in [-0.2, 0) is 0 Å². The minimum atomic E-state index is -0.116. The third-order valence-electron chi connectivity index (χ3n) is 4.15. The van der Waals surface area contributed by atoms with E-state index in [4.69, 9.17) is 18.0 Å². The van der Waals surface area contributed by atoms with Crippen LogP contribution in [0.3, 0.4) is 0 Å². The van der Waals surface area contributed by atoms with Crippen molar-refractivity contribution in [3.8, 4) is 0 Å². The smallest absolute Gasteiger partial charge is 0.269 e. The lowest BCUT2D eigenvalue weighted by Crippen LogP contribution is -2.35. The molecule has 20 heavy (non-hydrogen) atoms. The first kappa shape index (κ1) is 13.8. The van der Waals surface area contributed by atoms with Crippen molar-refractivity contribution in [2.75, 3.05) is 0 Å². The SMILES string of the molecule is NC(=S)C(C1CCCCC1)n1sc2ccccc2c1=O. The molecule has 2 N–H and O–H groups in total. The zero-order valence-corrected chi connectivity index (χ0v) is 12.9. The van der Waals surface area contributed by atoms with E-state index >= 15 is 0 Å². The third kappa shape index (κ3) is 2.40. The van der Waals surface area contributed by atoms with E-state index in [1.54, 1.807) is 0 Å². The lowest BCUT2D eigenvalue weighted by Gasteiger charge is -2.29. The van der Waals surface area contributed by atoms with Crippen molar-refractivity contribution < 1.29 is 0 Å². The molecule has 1 aromatic heterocycles. The Morgan fingerprint density at radius 3 is 2.65 bits per heavy atom. The fourth-order valence-corrected chi connectivity index (χ4v) is 4.71. The average molecular weight is 306 g/mol. The van der Waals surface area contributed by atoms with E-state index in [-0.39, 0.29) is 11.6 Å². The molecular formula is C15H18N2OS2. The van der Waals surface area contributed by atoms with Crippen LogP contribution in [0.2, 0.25) is 0 Å². The Hall–Kier alpha value is -1.20. The highest BCUT2D eigenvalue weighted by Gasteiger charge is 2.29. The summed E-state index contributed by atoms with van der Waals surface area (Å²) >= 11 is 6.76. The lowest BCUT2D eigenvalue weighted by atomic mass is 9.84. The van der Waals surface area contributed by atoms with Gasteiger partial charge in [0.1, 0.15) is 6.04 Å². The van der Waals surface area contributed by atoms with Crippen LogP contribution in [0.15, 0.2) is 29.1 Å². The van der Waals surface area contributed by atoms with Gasteiger partial charge in [0.25, 0.3) is 5.56 Å². The maximum atomic E-state index is 12.6. The summed E-state index contributed by atoms with van der Waals surface area (Å²) in [6.07, 6.45) is 5.93. The van der Waals surface area contributed by atoms with Gasteiger partial charge in [-0.2, -0.15) is 0 Å². The molecule has 3 nitrogen and oxygen atoms in total. The van der Waals surface area contributed by atoms with E-state index < -0.39 is 0 Å². The number of hydrogen-bond donors (Lipinski definition) is 1. The number of nitrogens with two attached hydrogens (primary N) is 1. The van der Waals surface area contributed by atoms with Crippen LogP contribution in [0.5, 0.6) is 0 Å². The second-order valence-corrected chi connectivity index (χ2v) is 6.95.